The van der Waals surface area contributed by atoms with Crippen LogP contribution < -0.4 is 0 Å². The highest BCUT2D eigenvalue weighted by atomic mass is 35.5. The average Bonchev–Trinajstić information content (AvgIpc) is 3.08. The number of carbonyl (C=O) groups excluding carboxylic acids is 1. The molecule has 0 spiro atoms. The van der Waals surface area contributed by atoms with Crippen LogP contribution in [0.5, 0.6) is 0 Å². The summed E-state index contributed by atoms with van der Waals surface area (Å²) >= 11 is 12.1. The molecule has 1 amide bonds. The molecule has 1 aromatic heterocycles. The first-order valence-electron chi connectivity index (χ1n) is 8.85. The molecule has 0 radical (unpaired) electrons. The summed E-state index contributed by atoms with van der Waals surface area (Å²) < 4.78 is 15.5. The van der Waals surface area contributed by atoms with E-state index >= 15 is 0 Å². The molecule has 0 N–H and O–H groups in total. The molecule has 3 rings (SSSR count). The average molecular weight is 420 g/mol. The fraction of sp³-hybridized carbons (Fsp3) is 0.238. The third-order valence-electron chi connectivity index (χ3n) is 4.41. The van der Waals surface area contributed by atoms with Crippen molar-refractivity contribution < 1.29 is 9.18 Å². The van der Waals surface area contributed by atoms with Crippen LogP contribution in [-0.4, -0.2) is 26.4 Å². The third-order valence-corrected chi connectivity index (χ3v) is 5.15. The molecule has 28 heavy (non-hydrogen) atoms. The molecule has 7 heteroatoms. The highest BCUT2D eigenvalue weighted by Crippen LogP contribution is 2.23. The lowest BCUT2D eigenvalue weighted by Crippen LogP contribution is -2.37. The molecule has 3 aromatic rings. The first-order valence-corrected chi connectivity index (χ1v) is 9.61. The topological polar surface area (TPSA) is 38.1 Å². The van der Waals surface area contributed by atoms with Gasteiger partial charge in [0.2, 0.25) is 0 Å². The quantitative estimate of drug-likeness (QED) is 0.534. The lowest BCUT2D eigenvalue weighted by molar-refractivity contribution is 0.0682. The fourth-order valence-electron chi connectivity index (χ4n) is 2.90. The van der Waals surface area contributed by atoms with Gasteiger partial charge in [0.05, 0.1) is 16.6 Å². The van der Waals surface area contributed by atoms with Crippen LogP contribution in [-0.2, 0) is 13.1 Å². The maximum atomic E-state index is 13.5. The van der Waals surface area contributed by atoms with E-state index in [0.29, 0.717) is 28.7 Å². The summed E-state index contributed by atoms with van der Waals surface area (Å²) in [7, 11) is 0. The van der Waals surface area contributed by atoms with E-state index in [9.17, 15) is 9.18 Å². The van der Waals surface area contributed by atoms with Gasteiger partial charge in [0.15, 0.2) is 0 Å². The first kappa shape index (κ1) is 20.4. The Bertz CT molecular complexity index is 987. The van der Waals surface area contributed by atoms with E-state index in [-0.39, 0.29) is 11.9 Å². The first-order chi connectivity index (χ1) is 13.3. The second-order valence-corrected chi connectivity index (χ2v) is 7.57. The molecule has 1 heterocycles. The number of nitrogens with zero attached hydrogens (tertiary/aromatic N) is 3. The SMILES string of the molecule is CC(C)N(Cc1nccn1Cc1ccc(Cl)c(Cl)c1)C(=O)c1cccc(F)c1. The van der Waals surface area contributed by atoms with Gasteiger partial charge >= 0.3 is 0 Å². The van der Waals surface area contributed by atoms with Crippen LogP contribution in [0, 0.1) is 5.82 Å². The summed E-state index contributed by atoms with van der Waals surface area (Å²) in [5.74, 6) is 0.0544. The van der Waals surface area contributed by atoms with Crippen LogP contribution >= 0.6 is 23.2 Å². The van der Waals surface area contributed by atoms with Gasteiger partial charge in [-0.3, -0.25) is 4.79 Å². The van der Waals surface area contributed by atoms with Crippen molar-refractivity contribution in [2.24, 2.45) is 0 Å². The molecule has 0 fully saturated rings. The zero-order valence-corrected chi connectivity index (χ0v) is 17.1. The molecule has 0 unspecified atom stereocenters. The van der Waals surface area contributed by atoms with Gasteiger partial charge in [-0.05, 0) is 49.7 Å². The number of imidazole rings is 1. The normalized spacial score (nSPS) is 11.1. The number of hydrogen-bond donors (Lipinski definition) is 0. The number of amides is 1. The molecule has 0 aliphatic heterocycles. The Kier molecular flexibility index (Phi) is 6.37. The van der Waals surface area contributed by atoms with E-state index in [0.717, 1.165) is 11.4 Å². The number of hydrogen-bond acceptors (Lipinski definition) is 2. The van der Waals surface area contributed by atoms with E-state index in [2.05, 4.69) is 4.98 Å². The molecule has 0 atom stereocenters. The van der Waals surface area contributed by atoms with E-state index in [4.69, 9.17) is 23.2 Å². The summed E-state index contributed by atoms with van der Waals surface area (Å²) in [4.78, 5) is 19.0. The zero-order valence-electron chi connectivity index (χ0n) is 15.6. The standard InChI is InChI=1S/C21H20Cl2FN3O/c1-14(2)27(21(28)16-4-3-5-17(24)11-16)13-20-25-8-9-26(20)12-15-6-7-18(22)19(23)10-15/h3-11,14H,12-13H2,1-2H3. The third kappa shape index (κ3) is 4.72. The van der Waals surface area contributed by atoms with Crippen molar-refractivity contribution in [2.45, 2.75) is 33.0 Å². The van der Waals surface area contributed by atoms with Crippen molar-refractivity contribution in [2.75, 3.05) is 0 Å². The van der Waals surface area contributed by atoms with Crippen LogP contribution in [0.25, 0.3) is 0 Å². The van der Waals surface area contributed by atoms with E-state index in [1.807, 2.05) is 36.7 Å². The Morgan fingerprint density at radius 3 is 2.64 bits per heavy atom. The van der Waals surface area contributed by atoms with Crippen LogP contribution in [0.3, 0.4) is 0 Å². The Morgan fingerprint density at radius 1 is 1.18 bits per heavy atom. The minimum absolute atomic E-state index is 0.0779. The lowest BCUT2D eigenvalue weighted by Gasteiger charge is -2.27. The molecular weight excluding hydrogens is 400 g/mol. The summed E-state index contributed by atoms with van der Waals surface area (Å²) in [5, 5.41) is 0.994. The molecule has 0 saturated carbocycles. The highest BCUT2D eigenvalue weighted by molar-refractivity contribution is 6.42. The number of rotatable bonds is 6. The molecule has 0 saturated heterocycles. The van der Waals surface area contributed by atoms with E-state index in [1.165, 1.54) is 18.2 Å². The van der Waals surface area contributed by atoms with Gasteiger partial charge in [-0.15, -0.1) is 0 Å². The van der Waals surface area contributed by atoms with Gasteiger partial charge in [0.1, 0.15) is 11.6 Å². The number of halogens is 3. The molecular formula is C21H20Cl2FN3O. The van der Waals surface area contributed by atoms with Gasteiger partial charge in [-0.2, -0.15) is 0 Å². The summed E-state index contributed by atoms with van der Waals surface area (Å²) in [6.07, 6.45) is 3.54. The van der Waals surface area contributed by atoms with Crippen LogP contribution in [0.15, 0.2) is 54.9 Å². The van der Waals surface area contributed by atoms with E-state index in [1.54, 1.807) is 23.2 Å². The van der Waals surface area contributed by atoms with Crippen molar-refractivity contribution in [3.63, 3.8) is 0 Å². The minimum Gasteiger partial charge on any atom is -0.329 e. The predicted octanol–water partition coefficient (Wildman–Crippen LogP) is 5.43. The van der Waals surface area contributed by atoms with Crippen molar-refractivity contribution >= 4 is 29.1 Å². The second-order valence-electron chi connectivity index (χ2n) is 6.76. The summed E-state index contributed by atoms with van der Waals surface area (Å²) in [6, 6.07) is 11.1. The molecule has 0 aliphatic rings. The Hall–Kier alpha value is -2.37. The van der Waals surface area contributed by atoms with Gasteiger partial charge in [0.25, 0.3) is 5.91 Å². The summed E-state index contributed by atoms with van der Waals surface area (Å²) in [6.45, 7) is 4.69. The fourth-order valence-corrected chi connectivity index (χ4v) is 3.22. The molecule has 4 nitrogen and oxygen atoms in total. The Morgan fingerprint density at radius 2 is 1.96 bits per heavy atom. The van der Waals surface area contributed by atoms with Crippen molar-refractivity contribution in [1.29, 1.82) is 0 Å². The van der Waals surface area contributed by atoms with Gasteiger partial charge in [-0.25, -0.2) is 9.37 Å². The van der Waals surface area contributed by atoms with Gasteiger partial charge < -0.3 is 9.47 Å². The van der Waals surface area contributed by atoms with Crippen LogP contribution in [0.1, 0.15) is 35.6 Å². The zero-order chi connectivity index (χ0) is 20.3. The lowest BCUT2D eigenvalue weighted by atomic mass is 10.1. The van der Waals surface area contributed by atoms with E-state index < -0.39 is 5.82 Å². The van der Waals surface area contributed by atoms with Crippen molar-refractivity contribution in [3.05, 3.63) is 87.7 Å². The number of aromatic nitrogens is 2. The molecule has 0 bridgehead atoms. The van der Waals surface area contributed by atoms with Crippen molar-refractivity contribution in [1.82, 2.24) is 14.5 Å². The Labute approximate surface area is 173 Å². The largest absolute Gasteiger partial charge is 0.329 e. The number of benzene rings is 2. The Balaban J connectivity index is 1.82. The monoisotopic (exact) mass is 419 g/mol. The van der Waals surface area contributed by atoms with Crippen LogP contribution in [0.4, 0.5) is 4.39 Å². The van der Waals surface area contributed by atoms with Gasteiger partial charge in [-0.1, -0.05) is 35.3 Å². The predicted molar refractivity (Wildman–Crippen MR) is 109 cm³/mol. The second kappa shape index (κ2) is 8.76. The molecule has 2 aromatic carbocycles. The molecule has 146 valence electrons. The maximum Gasteiger partial charge on any atom is 0.254 e. The molecule has 0 aliphatic carbocycles. The summed E-state index contributed by atoms with van der Waals surface area (Å²) in [5.41, 5.74) is 1.29. The highest BCUT2D eigenvalue weighted by Gasteiger charge is 2.21. The maximum absolute atomic E-state index is 13.5. The smallest absolute Gasteiger partial charge is 0.254 e. The number of carbonyl (C=O) groups is 1. The van der Waals surface area contributed by atoms with Crippen LogP contribution in [0.2, 0.25) is 10.0 Å². The van der Waals surface area contributed by atoms with Crippen molar-refractivity contribution in [3.8, 4) is 0 Å². The van der Waals surface area contributed by atoms with Gasteiger partial charge in [0, 0.05) is 30.5 Å². The minimum atomic E-state index is -0.435.